The summed E-state index contributed by atoms with van der Waals surface area (Å²) in [6.45, 7) is 3.21. The summed E-state index contributed by atoms with van der Waals surface area (Å²) in [5.74, 6) is -4.41. The third-order valence-electron chi connectivity index (χ3n) is 4.12. The Hall–Kier alpha value is -2.58. The van der Waals surface area contributed by atoms with Crippen molar-refractivity contribution in [2.45, 2.75) is 44.9 Å². The monoisotopic (exact) mass is 388 g/mol. The van der Waals surface area contributed by atoms with Crippen LogP contribution in [-0.4, -0.2) is 43.2 Å². The second-order valence-electron chi connectivity index (χ2n) is 6.11. The van der Waals surface area contributed by atoms with E-state index >= 15 is 0 Å². The van der Waals surface area contributed by atoms with Gasteiger partial charge in [0.2, 0.25) is 5.91 Å². The average molecular weight is 388 g/mol. The summed E-state index contributed by atoms with van der Waals surface area (Å²) in [6, 6.07) is 6.21. The van der Waals surface area contributed by atoms with E-state index < -0.39 is 42.0 Å². The van der Waals surface area contributed by atoms with Crippen molar-refractivity contribution in [3.05, 3.63) is 35.9 Å². The summed E-state index contributed by atoms with van der Waals surface area (Å²) in [6.07, 6.45) is -4.67. The molecule has 0 spiro atoms. The largest absolute Gasteiger partial charge is 0.471 e. The molecule has 0 saturated carbocycles. The molecule has 0 aliphatic rings. The van der Waals surface area contributed by atoms with Crippen LogP contribution in [0.1, 0.15) is 25.8 Å². The molecule has 6 nitrogen and oxygen atoms in total. The van der Waals surface area contributed by atoms with Gasteiger partial charge in [-0.05, 0) is 11.5 Å². The smallest absolute Gasteiger partial charge is 0.467 e. The number of rotatable bonds is 8. The van der Waals surface area contributed by atoms with Gasteiger partial charge in [-0.3, -0.25) is 9.59 Å². The van der Waals surface area contributed by atoms with E-state index in [1.165, 1.54) is 6.92 Å². The summed E-state index contributed by atoms with van der Waals surface area (Å²) in [5.41, 5.74) is 0.729. The highest BCUT2D eigenvalue weighted by Gasteiger charge is 2.42. The van der Waals surface area contributed by atoms with E-state index in [4.69, 9.17) is 0 Å². The molecule has 0 aliphatic heterocycles. The van der Waals surface area contributed by atoms with E-state index in [0.29, 0.717) is 6.42 Å². The van der Waals surface area contributed by atoms with E-state index in [0.717, 1.165) is 12.7 Å². The third kappa shape index (κ3) is 6.92. The Balaban J connectivity index is 2.96. The van der Waals surface area contributed by atoms with Crippen molar-refractivity contribution in [1.29, 1.82) is 0 Å². The minimum Gasteiger partial charge on any atom is -0.467 e. The lowest BCUT2D eigenvalue weighted by Crippen LogP contribution is -2.56. The molecule has 3 atom stereocenters. The van der Waals surface area contributed by atoms with Crippen molar-refractivity contribution in [3.8, 4) is 0 Å². The molecular weight excluding hydrogens is 365 g/mol. The summed E-state index contributed by atoms with van der Waals surface area (Å²) < 4.78 is 42.3. The molecule has 0 saturated heterocycles. The van der Waals surface area contributed by atoms with Crippen molar-refractivity contribution in [2.75, 3.05) is 7.11 Å². The summed E-state index contributed by atoms with van der Waals surface area (Å²) in [4.78, 5) is 35.8. The first-order chi connectivity index (χ1) is 12.6. The molecule has 27 heavy (non-hydrogen) atoms. The van der Waals surface area contributed by atoms with Gasteiger partial charge in [0.1, 0.15) is 12.1 Å². The number of alkyl halides is 3. The van der Waals surface area contributed by atoms with E-state index in [1.807, 2.05) is 0 Å². The Labute approximate surface area is 155 Å². The molecule has 2 amide bonds. The van der Waals surface area contributed by atoms with Gasteiger partial charge in [-0.2, -0.15) is 13.2 Å². The Morgan fingerprint density at radius 2 is 1.70 bits per heavy atom. The first-order valence-corrected chi connectivity index (χ1v) is 8.39. The Morgan fingerprint density at radius 3 is 2.19 bits per heavy atom. The van der Waals surface area contributed by atoms with Gasteiger partial charge in [-0.1, -0.05) is 50.6 Å². The number of methoxy groups -OCH3 is 1. The lowest BCUT2D eigenvalue weighted by molar-refractivity contribution is -0.175. The number of esters is 1. The number of carbonyl (C=O) groups excluding carboxylic acids is 3. The molecule has 1 aromatic rings. The zero-order chi connectivity index (χ0) is 20.6. The molecule has 0 fully saturated rings. The quantitative estimate of drug-likeness (QED) is 0.667. The third-order valence-corrected chi connectivity index (χ3v) is 4.12. The van der Waals surface area contributed by atoms with Crippen LogP contribution < -0.4 is 10.6 Å². The number of carbonyl (C=O) groups is 3. The lowest BCUT2D eigenvalue weighted by atomic mass is 9.97. The maximum atomic E-state index is 12.6. The molecular formula is C18H23F3N2O4. The molecule has 0 radical (unpaired) electrons. The maximum Gasteiger partial charge on any atom is 0.471 e. The van der Waals surface area contributed by atoms with Crippen LogP contribution in [0.3, 0.4) is 0 Å². The van der Waals surface area contributed by atoms with E-state index in [-0.39, 0.29) is 6.42 Å². The number of benzene rings is 1. The van der Waals surface area contributed by atoms with Crippen LogP contribution in [0.25, 0.3) is 0 Å². The van der Waals surface area contributed by atoms with Crippen LogP contribution in [0.2, 0.25) is 0 Å². The van der Waals surface area contributed by atoms with Crippen molar-refractivity contribution in [3.63, 3.8) is 0 Å². The molecule has 0 bridgehead atoms. The molecule has 2 N–H and O–H groups in total. The first kappa shape index (κ1) is 22.5. The van der Waals surface area contributed by atoms with Crippen LogP contribution in [0.5, 0.6) is 0 Å². The van der Waals surface area contributed by atoms with Gasteiger partial charge in [0.05, 0.1) is 7.11 Å². The molecule has 1 aromatic carbocycles. The Morgan fingerprint density at radius 1 is 1.11 bits per heavy atom. The highest BCUT2D eigenvalue weighted by atomic mass is 19.4. The van der Waals surface area contributed by atoms with Crippen molar-refractivity contribution >= 4 is 17.8 Å². The second-order valence-corrected chi connectivity index (χ2v) is 6.11. The van der Waals surface area contributed by atoms with Gasteiger partial charge in [-0.25, -0.2) is 4.79 Å². The molecule has 0 aliphatic carbocycles. The van der Waals surface area contributed by atoms with Crippen LogP contribution >= 0.6 is 0 Å². The van der Waals surface area contributed by atoms with Gasteiger partial charge in [0, 0.05) is 6.42 Å². The molecule has 9 heteroatoms. The number of hydrogen-bond acceptors (Lipinski definition) is 4. The predicted molar refractivity (Wildman–Crippen MR) is 91.5 cm³/mol. The van der Waals surface area contributed by atoms with E-state index in [2.05, 4.69) is 10.1 Å². The van der Waals surface area contributed by atoms with Gasteiger partial charge < -0.3 is 15.4 Å². The number of amides is 2. The number of hydrogen-bond donors (Lipinski definition) is 2. The molecule has 0 aromatic heterocycles. The minimum atomic E-state index is -5.11. The number of nitrogens with one attached hydrogen (secondary N) is 2. The zero-order valence-electron chi connectivity index (χ0n) is 15.3. The maximum absolute atomic E-state index is 12.6. The fraction of sp³-hybridized carbons (Fsp3) is 0.500. The van der Waals surface area contributed by atoms with E-state index in [9.17, 15) is 27.6 Å². The molecule has 150 valence electrons. The van der Waals surface area contributed by atoms with Crippen LogP contribution in [0.15, 0.2) is 30.3 Å². The lowest BCUT2D eigenvalue weighted by Gasteiger charge is -2.26. The topological polar surface area (TPSA) is 84.5 Å². The number of halogens is 3. The van der Waals surface area contributed by atoms with Gasteiger partial charge in [-0.15, -0.1) is 0 Å². The average Bonchev–Trinajstić information content (AvgIpc) is 2.63. The van der Waals surface area contributed by atoms with Gasteiger partial charge in [0.15, 0.2) is 0 Å². The van der Waals surface area contributed by atoms with E-state index in [1.54, 1.807) is 42.6 Å². The van der Waals surface area contributed by atoms with Crippen LogP contribution in [0.4, 0.5) is 13.2 Å². The number of ether oxygens (including phenoxy) is 1. The van der Waals surface area contributed by atoms with Crippen molar-refractivity contribution < 1.29 is 32.3 Å². The summed E-state index contributed by atoms with van der Waals surface area (Å²) >= 11 is 0. The predicted octanol–water partition coefficient (Wildman–Crippen LogP) is 1.98. The standard InChI is InChI=1S/C18H23F3N2O4/c1-4-11(2)14(23-17(26)18(19,20)21)15(24)22-13(16(25)27-3)10-12-8-6-5-7-9-12/h5-9,11,13-14H,4,10H2,1-3H3,(H,22,24)(H,23,26)/t11-,13-,14-/m0/s1. The Kier molecular flexibility index (Phi) is 8.27. The van der Waals surface area contributed by atoms with Crippen molar-refractivity contribution in [1.82, 2.24) is 10.6 Å². The summed E-state index contributed by atoms with van der Waals surface area (Å²) in [5, 5.41) is 4.10. The fourth-order valence-electron chi connectivity index (χ4n) is 2.37. The molecule has 1 rings (SSSR count). The highest BCUT2D eigenvalue weighted by Crippen LogP contribution is 2.17. The molecule has 0 unspecified atom stereocenters. The minimum absolute atomic E-state index is 0.0969. The van der Waals surface area contributed by atoms with Crippen LogP contribution in [0, 0.1) is 5.92 Å². The Bertz CT molecular complexity index is 650. The van der Waals surface area contributed by atoms with Gasteiger partial charge >= 0.3 is 18.1 Å². The molecule has 0 heterocycles. The van der Waals surface area contributed by atoms with Gasteiger partial charge in [0.25, 0.3) is 0 Å². The summed E-state index contributed by atoms with van der Waals surface area (Å²) in [7, 11) is 1.14. The second kappa shape index (κ2) is 9.94. The highest BCUT2D eigenvalue weighted by molar-refractivity contribution is 5.92. The van der Waals surface area contributed by atoms with Crippen LogP contribution in [-0.2, 0) is 25.5 Å². The fourth-order valence-corrected chi connectivity index (χ4v) is 2.37. The first-order valence-electron chi connectivity index (χ1n) is 8.39. The SMILES string of the molecule is CC[C@H](C)[C@H](NC(=O)C(F)(F)F)C(=O)N[C@@H](Cc1ccccc1)C(=O)OC. The van der Waals surface area contributed by atoms with Crippen molar-refractivity contribution in [2.24, 2.45) is 5.92 Å². The normalized spacial score (nSPS) is 14.6. The zero-order valence-corrected chi connectivity index (χ0v) is 15.3.